The number of benzene rings is 1. The lowest BCUT2D eigenvalue weighted by molar-refractivity contribution is -0.134. The normalized spacial score (nSPS) is 32.6. The fraction of sp³-hybridized carbons (Fsp3) is 0.533. The number of halogens is 1. The van der Waals surface area contributed by atoms with E-state index in [9.17, 15) is 14.3 Å². The van der Waals surface area contributed by atoms with Gasteiger partial charge in [-0.25, -0.2) is 4.39 Å². The van der Waals surface area contributed by atoms with Gasteiger partial charge in [0.05, 0.1) is 12.0 Å². The van der Waals surface area contributed by atoms with E-state index in [4.69, 9.17) is 0 Å². The molecule has 2 saturated heterocycles. The van der Waals surface area contributed by atoms with Gasteiger partial charge in [0.25, 0.3) is 0 Å². The third kappa shape index (κ3) is 2.09. The van der Waals surface area contributed by atoms with E-state index in [0.29, 0.717) is 18.0 Å². The van der Waals surface area contributed by atoms with E-state index in [1.807, 2.05) is 7.05 Å². The van der Waals surface area contributed by atoms with Crippen molar-refractivity contribution < 1.29 is 14.3 Å². The molecule has 0 radical (unpaired) electrons. The number of aliphatic hydroxyl groups is 1. The smallest absolute Gasteiger partial charge is 0.142 e. The van der Waals surface area contributed by atoms with Crippen LogP contribution >= 0.6 is 0 Å². The maximum absolute atomic E-state index is 13.2. The Kier molecular flexibility index (Phi) is 3.15. The molecule has 3 nitrogen and oxygen atoms in total. The van der Waals surface area contributed by atoms with Crippen molar-refractivity contribution in [1.82, 2.24) is 4.90 Å². The molecule has 1 N–H and O–H groups in total. The predicted molar refractivity (Wildman–Crippen MR) is 69.0 cm³/mol. The summed E-state index contributed by atoms with van der Waals surface area (Å²) in [7, 11) is 2.01. The first-order chi connectivity index (χ1) is 9.08. The Bertz CT molecular complexity index is 505. The lowest BCUT2D eigenvalue weighted by atomic mass is 9.82. The molecule has 2 aliphatic rings. The van der Waals surface area contributed by atoms with Crippen molar-refractivity contribution in [3.05, 3.63) is 35.6 Å². The van der Waals surface area contributed by atoms with Crippen molar-refractivity contribution in [2.24, 2.45) is 5.92 Å². The topological polar surface area (TPSA) is 40.5 Å². The highest BCUT2D eigenvalue weighted by Crippen LogP contribution is 2.41. The van der Waals surface area contributed by atoms with Crippen molar-refractivity contribution in [3.63, 3.8) is 0 Å². The van der Waals surface area contributed by atoms with Crippen LogP contribution in [-0.4, -0.2) is 34.9 Å². The van der Waals surface area contributed by atoms with Gasteiger partial charge in [0, 0.05) is 18.5 Å². The van der Waals surface area contributed by atoms with Crippen molar-refractivity contribution in [2.45, 2.75) is 37.5 Å². The average molecular weight is 263 g/mol. The fourth-order valence-electron chi connectivity index (χ4n) is 3.59. The van der Waals surface area contributed by atoms with E-state index in [0.717, 1.165) is 12.8 Å². The first-order valence-corrected chi connectivity index (χ1v) is 6.76. The molecular formula is C15H18FNO2. The molecule has 0 unspecified atom stereocenters. The first-order valence-electron chi connectivity index (χ1n) is 6.76. The summed E-state index contributed by atoms with van der Waals surface area (Å²) in [5.41, 5.74) is 0.497. The molecule has 2 aliphatic heterocycles. The molecule has 2 fully saturated rings. The van der Waals surface area contributed by atoms with E-state index in [2.05, 4.69) is 4.90 Å². The van der Waals surface area contributed by atoms with Crippen LogP contribution in [0.15, 0.2) is 24.3 Å². The van der Waals surface area contributed by atoms with Crippen LogP contribution in [0.5, 0.6) is 0 Å². The lowest BCUT2D eigenvalue weighted by Gasteiger charge is -2.38. The molecule has 0 aliphatic carbocycles. The molecule has 1 aromatic rings. The molecule has 1 aromatic carbocycles. The van der Waals surface area contributed by atoms with E-state index >= 15 is 0 Å². The zero-order chi connectivity index (χ0) is 13.6. The summed E-state index contributed by atoms with van der Waals surface area (Å²) < 4.78 is 13.2. The molecule has 4 heteroatoms. The van der Waals surface area contributed by atoms with Crippen molar-refractivity contribution in [1.29, 1.82) is 0 Å². The van der Waals surface area contributed by atoms with Crippen molar-refractivity contribution in [2.75, 3.05) is 7.05 Å². The van der Waals surface area contributed by atoms with E-state index < -0.39 is 12.0 Å². The number of hydrogen-bond donors (Lipinski definition) is 1. The van der Waals surface area contributed by atoms with Crippen LogP contribution in [0.4, 0.5) is 4.39 Å². The SMILES string of the molecule is CN1[C@H]2CC[C@@H]1[C@@H]([C@H](O)c1cccc(F)c1)C(=O)C2. The van der Waals surface area contributed by atoms with Gasteiger partial charge in [-0.2, -0.15) is 0 Å². The Morgan fingerprint density at radius 1 is 1.42 bits per heavy atom. The summed E-state index contributed by atoms with van der Waals surface area (Å²) in [5, 5.41) is 10.5. The van der Waals surface area contributed by atoms with Gasteiger partial charge in [-0.05, 0) is 37.6 Å². The van der Waals surface area contributed by atoms with E-state index in [-0.39, 0.29) is 17.6 Å². The van der Waals surface area contributed by atoms with Crippen LogP contribution < -0.4 is 0 Å². The summed E-state index contributed by atoms with van der Waals surface area (Å²) in [6.07, 6.45) is 1.54. The molecule has 102 valence electrons. The highest BCUT2D eigenvalue weighted by molar-refractivity contribution is 5.84. The Balaban J connectivity index is 1.90. The minimum Gasteiger partial charge on any atom is -0.388 e. The second kappa shape index (κ2) is 4.69. The molecule has 0 saturated carbocycles. The van der Waals surface area contributed by atoms with Gasteiger partial charge in [0.2, 0.25) is 0 Å². The molecule has 4 atom stereocenters. The average Bonchev–Trinajstić information content (AvgIpc) is 2.62. The number of piperidine rings is 1. The van der Waals surface area contributed by atoms with Crippen molar-refractivity contribution >= 4 is 5.78 Å². The minimum absolute atomic E-state index is 0.0875. The molecule has 0 aromatic heterocycles. The number of Topliss-reactive ketones (excluding diaryl/α,β-unsaturated/α-hetero) is 1. The highest BCUT2D eigenvalue weighted by atomic mass is 19.1. The predicted octanol–water partition coefficient (Wildman–Crippen LogP) is 1.91. The Labute approximate surface area is 112 Å². The zero-order valence-electron chi connectivity index (χ0n) is 10.9. The van der Waals surface area contributed by atoms with E-state index in [1.54, 1.807) is 12.1 Å². The van der Waals surface area contributed by atoms with Gasteiger partial charge in [-0.1, -0.05) is 12.1 Å². The second-order valence-electron chi connectivity index (χ2n) is 5.66. The van der Waals surface area contributed by atoms with Crippen LogP contribution in [0.2, 0.25) is 0 Å². The quantitative estimate of drug-likeness (QED) is 0.886. The van der Waals surface area contributed by atoms with Crippen LogP contribution in [0.3, 0.4) is 0 Å². The Hall–Kier alpha value is -1.26. The van der Waals surface area contributed by atoms with E-state index in [1.165, 1.54) is 12.1 Å². The molecular weight excluding hydrogens is 245 g/mol. The Morgan fingerprint density at radius 3 is 2.95 bits per heavy atom. The molecule has 3 rings (SSSR count). The largest absolute Gasteiger partial charge is 0.388 e. The summed E-state index contributed by atoms with van der Waals surface area (Å²) in [6, 6.07) is 6.33. The van der Waals surface area contributed by atoms with Crippen LogP contribution in [-0.2, 0) is 4.79 Å². The fourth-order valence-corrected chi connectivity index (χ4v) is 3.59. The molecule has 2 heterocycles. The third-order valence-electron chi connectivity index (χ3n) is 4.65. The number of carbonyl (C=O) groups is 1. The number of ketones is 1. The molecule has 19 heavy (non-hydrogen) atoms. The summed E-state index contributed by atoms with van der Waals surface area (Å²) >= 11 is 0. The maximum Gasteiger partial charge on any atom is 0.142 e. The third-order valence-corrected chi connectivity index (χ3v) is 4.65. The second-order valence-corrected chi connectivity index (χ2v) is 5.66. The standard InChI is InChI=1S/C15H18FNO2/c1-17-11-5-6-12(17)14(13(18)8-11)15(19)9-3-2-4-10(16)7-9/h2-4,7,11-12,14-15,19H,5-6,8H2,1H3/t11-,12+,14+,15+/m0/s1. The van der Waals surface area contributed by atoms with Crippen LogP contribution in [0, 0.1) is 11.7 Å². The Morgan fingerprint density at radius 2 is 2.21 bits per heavy atom. The van der Waals surface area contributed by atoms with Gasteiger partial charge in [-0.3, -0.25) is 9.69 Å². The summed E-state index contributed by atoms with van der Waals surface area (Å²) in [5.74, 6) is -0.689. The monoisotopic (exact) mass is 263 g/mol. The number of carbonyl (C=O) groups excluding carboxylic acids is 1. The molecule has 0 spiro atoms. The van der Waals surface area contributed by atoms with Gasteiger partial charge < -0.3 is 5.11 Å². The van der Waals surface area contributed by atoms with Crippen molar-refractivity contribution in [3.8, 4) is 0 Å². The zero-order valence-corrected chi connectivity index (χ0v) is 10.9. The highest BCUT2D eigenvalue weighted by Gasteiger charge is 2.47. The maximum atomic E-state index is 13.2. The summed E-state index contributed by atoms with van der Waals surface area (Å²) in [6.45, 7) is 0. The number of nitrogens with zero attached hydrogens (tertiary/aromatic N) is 1. The van der Waals surface area contributed by atoms with Gasteiger partial charge in [-0.15, -0.1) is 0 Å². The summed E-state index contributed by atoms with van der Waals surface area (Å²) in [4.78, 5) is 14.4. The van der Waals surface area contributed by atoms with Crippen LogP contribution in [0.25, 0.3) is 0 Å². The lowest BCUT2D eigenvalue weighted by Crippen LogP contribution is -2.49. The number of rotatable bonds is 2. The first kappa shape index (κ1) is 12.8. The number of hydrogen-bond acceptors (Lipinski definition) is 3. The van der Waals surface area contributed by atoms with Gasteiger partial charge in [0.15, 0.2) is 0 Å². The number of fused-ring (bicyclic) bond motifs is 2. The van der Waals surface area contributed by atoms with Crippen LogP contribution in [0.1, 0.15) is 30.9 Å². The molecule has 0 amide bonds. The number of aliphatic hydroxyl groups excluding tert-OH is 1. The van der Waals surface area contributed by atoms with Gasteiger partial charge in [0.1, 0.15) is 11.6 Å². The minimum atomic E-state index is -0.908. The van der Waals surface area contributed by atoms with Gasteiger partial charge >= 0.3 is 0 Å². The molecule has 2 bridgehead atoms.